The Morgan fingerprint density at radius 1 is 1.64 bits per heavy atom. The molecule has 1 saturated carbocycles. The summed E-state index contributed by atoms with van der Waals surface area (Å²) in [6.07, 6.45) is 1.43. The Balaban J connectivity index is 2.61. The van der Waals surface area contributed by atoms with Crippen LogP contribution in [-0.4, -0.2) is 31.1 Å². The predicted octanol–water partition coefficient (Wildman–Crippen LogP) is 1.25. The number of aliphatic imine (C=N–C) groups is 1. The molecule has 0 saturated heterocycles. The van der Waals surface area contributed by atoms with Gasteiger partial charge >= 0.3 is 0 Å². The van der Waals surface area contributed by atoms with Crippen LogP contribution in [0.5, 0.6) is 0 Å². The van der Waals surface area contributed by atoms with Crippen molar-refractivity contribution in [1.82, 2.24) is 5.32 Å². The summed E-state index contributed by atoms with van der Waals surface area (Å²) in [5, 5.41) is 12.1. The van der Waals surface area contributed by atoms with E-state index in [0.29, 0.717) is 12.8 Å². The molecular weight excluding hydrogens is 183 g/mol. The number of rotatable bonds is 3. The lowest BCUT2D eigenvalue weighted by Crippen LogP contribution is -2.31. The van der Waals surface area contributed by atoms with Crippen molar-refractivity contribution >= 4 is 6.72 Å². The summed E-state index contributed by atoms with van der Waals surface area (Å²) in [4.78, 5) is 3.86. The quantitative estimate of drug-likeness (QED) is 0.673. The van der Waals surface area contributed by atoms with Crippen molar-refractivity contribution < 1.29 is 9.50 Å². The van der Waals surface area contributed by atoms with E-state index in [1.165, 1.54) is 0 Å². The Morgan fingerprint density at radius 3 is 2.86 bits per heavy atom. The van der Waals surface area contributed by atoms with Gasteiger partial charge in [-0.05, 0) is 26.0 Å². The number of allylic oxidation sites excluding steroid dienone is 1. The number of aliphatic hydroxyl groups excluding tert-OH is 1. The number of aliphatic hydroxyl groups is 1. The highest BCUT2D eigenvalue weighted by Gasteiger charge is 2.30. The highest BCUT2D eigenvalue weighted by molar-refractivity contribution is 5.29. The van der Waals surface area contributed by atoms with Crippen molar-refractivity contribution in [1.29, 1.82) is 0 Å². The molecule has 1 aliphatic carbocycles. The molecule has 0 heterocycles. The second-order valence-electron chi connectivity index (χ2n) is 3.61. The van der Waals surface area contributed by atoms with Gasteiger partial charge in [0.1, 0.15) is 6.17 Å². The average Bonchev–Trinajstić information content (AvgIpc) is 2.19. The number of nitrogens with zero attached hydrogens (tertiary/aromatic N) is 1. The molecule has 0 aliphatic heterocycles. The molecule has 3 nitrogen and oxygen atoms in total. The summed E-state index contributed by atoms with van der Waals surface area (Å²) < 4.78 is 13.2. The Labute approximate surface area is 83.7 Å². The zero-order valence-corrected chi connectivity index (χ0v) is 8.41. The molecule has 0 radical (unpaired) electrons. The summed E-state index contributed by atoms with van der Waals surface area (Å²) in [5.74, 6) is 0.0818. The molecule has 1 rings (SSSR count). The van der Waals surface area contributed by atoms with E-state index in [1.807, 2.05) is 0 Å². The molecule has 0 bridgehead atoms. The molecule has 0 aromatic rings. The number of nitrogens with one attached hydrogen (secondary N) is 1. The zero-order valence-electron chi connectivity index (χ0n) is 8.41. The molecule has 2 N–H and O–H groups in total. The molecule has 3 atom stereocenters. The van der Waals surface area contributed by atoms with E-state index in [1.54, 1.807) is 13.2 Å². The minimum Gasteiger partial charge on any atom is -0.393 e. The van der Waals surface area contributed by atoms with Crippen LogP contribution in [0, 0.1) is 5.92 Å². The lowest BCUT2D eigenvalue weighted by Gasteiger charge is -2.28. The fourth-order valence-electron chi connectivity index (χ4n) is 1.81. The Kier molecular flexibility index (Phi) is 4.07. The summed E-state index contributed by atoms with van der Waals surface area (Å²) >= 11 is 0. The van der Waals surface area contributed by atoms with Gasteiger partial charge in [-0.3, -0.25) is 4.99 Å². The molecule has 1 aliphatic rings. The summed E-state index contributed by atoms with van der Waals surface area (Å²) in [6.45, 7) is 3.46. The van der Waals surface area contributed by atoms with Gasteiger partial charge in [0, 0.05) is 19.2 Å². The third kappa shape index (κ3) is 2.54. The monoisotopic (exact) mass is 200 g/mol. The Morgan fingerprint density at radius 2 is 2.36 bits per heavy atom. The smallest absolute Gasteiger partial charge is 0.127 e. The van der Waals surface area contributed by atoms with Crippen molar-refractivity contribution in [3.63, 3.8) is 0 Å². The minimum atomic E-state index is -1.13. The summed E-state index contributed by atoms with van der Waals surface area (Å²) in [6, 6.07) is 0. The summed E-state index contributed by atoms with van der Waals surface area (Å²) in [7, 11) is 1.77. The van der Waals surface area contributed by atoms with Crippen molar-refractivity contribution in [2.75, 3.05) is 7.05 Å². The lowest BCUT2D eigenvalue weighted by atomic mass is 9.84. The maximum absolute atomic E-state index is 13.2. The van der Waals surface area contributed by atoms with E-state index in [0.717, 1.165) is 12.1 Å². The normalized spacial score (nSPS) is 33.9. The predicted molar refractivity (Wildman–Crippen MR) is 54.9 cm³/mol. The molecule has 14 heavy (non-hydrogen) atoms. The van der Waals surface area contributed by atoms with Crippen LogP contribution in [0.1, 0.15) is 19.3 Å². The van der Waals surface area contributed by atoms with Crippen LogP contribution in [0.2, 0.25) is 0 Å². The standard InChI is InChI=1S/C10H17FN2O/c1-12-6-9(13-2)7-3-4-10(14)8(11)5-7/h6-8,10,12,14H,2-5H2,1H3/b9-6-/t7-,8-,10-/m0/s1. The molecule has 0 amide bonds. The van der Waals surface area contributed by atoms with Gasteiger partial charge in [-0.15, -0.1) is 0 Å². The van der Waals surface area contributed by atoms with Gasteiger partial charge in [-0.2, -0.15) is 0 Å². The molecule has 1 fully saturated rings. The van der Waals surface area contributed by atoms with Crippen molar-refractivity contribution in [3.05, 3.63) is 11.9 Å². The first kappa shape index (κ1) is 11.2. The SMILES string of the molecule is C=N/C(=C\NC)[C@H]1CC[C@H](O)[C@@H](F)C1. The fraction of sp³-hybridized carbons (Fsp3) is 0.700. The van der Waals surface area contributed by atoms with Gasteiger partial charge in [0.05, 0.1) is 11.8 Å². The molecule has 0 spiro atoms. The summed E-state index contributed by atoms with van der Waals surface area (Å²) in [5.41, 5.74) is 0.780. The van der Waals surface area contributed by atoms with E-state index in [4.69, 9.17) is 0 Å². The van der Waals surface area contributed by atoms with Gasteiger partial charge in [-0.1, -0.05) is 0 Å². The van der Waals surface area contributed by atoms with Gasteiger partial charge in [0.2, 0.25) is 0 Å². The van der Waals surface area contributed by atoms with E-state index >= 15 is 0 Å². The molecular formula is C10H17FN2O. The van der Waals surface area contributed by atoms with Crippen LogP contribution in [0.4, 0.5) is 4.39 Å². The maximum atomic E-state index is 13.2. The van der Waals surface area contributed by atoms with E-state index in [2.05, 4.69) is 17.0 Å². The fourth-order valence-corrected chi connectivity index (χ4v) is 1.81. The van der Waals surface area contributed by atoms with Crippen LogP contribution in [0.3, 0.4) is 0 Å². The third-order valence-corrected chi connectivity index (χ3v) is 2.63. The minimum absolute atomic E-state index is 0.0818. The molecule has 0 unspecified atom stereocenters. The second kappa shape index (κ2) is 5.10. The highest BCUT2D eigenvalue weighted by Crippen LogP contribution is 2.31. The van der Waals surface area contributed by atoms with Crippen LogP contribution in [0.25, 0.3) is 0 Å². The van der Waals surface area contributed by atoms with E-state index < -0.39 is 12.3 Å². The zero-order chi connectivity index (χ0) is 10.6. The first-order valence-corrected chi connectivity index (χ1v) is 4.85. The van der Waals surface area contributed by atoms with Crippen molar-refractivity contribution in [2.45, 2.75) is 31.5 Å². The first-order chi connectivity index (χ1) is 6.69. The largest absolute Gasteiger partial charge is 0.393 e. The van der Waals surface area contributed by atoms with Gasteiger partial charge < -0.3 is 10.4 Å². The van der Waals surface area contributed by atoms with E-state index in [-0.39, 0.29) is 5.92 Å². The molecule has 4 heteroatoms. The van der Waals surface area contributed by atoms with Crippen LogP contribution in [-0.2, 0) is 0 Å². The molecule has 0 aromatic carbocycles. The number of hydrogen-bond donors (Lipinski definition) is 2. The van der Waals surface area contributed by atoms with Gasteiger partial charge in [-0.25, -0.2) is 4.39 Å². The van der Waals surface area contributed by atoms with Gasteiger partial charge in [0.25, 0.3) is 0 Å². The number of halogens is 1. The second-order valence-corrected chi connectivity index (χ2v) is 3.61. The topological polar surface area (TPSA) is 44.6 Å². The van der Waals surface area contributed by atoms with E-state index in [9.17, 15) is 9.50 Å². The average molecular weight is 200 g/mol. The lowest BCUT2D eigenvalue weighted by molar-refractivity contribution is 0.0304. The third-order valence-electron chi connectivity index (χ3n) is 2.63. The van der Waals surface area contributed by atoms with Crippen molar-refractivity contribution in [3.8, 4) is 0 Å². The van der Waals surface area contributed by atoms with Crippen LogP contribution in [0.15, 0.2) is 16.9 Å². The number of alkyl halides is 1. The Bertz CT molecular complexity index is 230. The molecule has 80 valence electrons. The number of hydrogen-bond acceptors (Lipinski definition) is 3. The van der Waals surface area contributed by atoms with Crippen LogP contribution >= 0.6 is 0 Å². The van der Waals surface area contributed by atoms with Crippen molar-refractivity contribution in [2.24, 2.45) is 10.9 Å². The van der Waals surface area contributed by atoms with Crippen LogP contribution < -0.4 is 5.32 Å². The maximum Gasteiger partial charge on any atom is 0.127 e. The highest BCUT2D eigenvalue weighted by atomic mass is 19.1. The Hall–Kier alpha value is -0.900. The first-order valence-electron chi connectivity index (χ1n) is 4.85. The van der Waals surface area contributed by atoms with Gasteiger partial charge in [0.15, 0.2) is 0 Å². The molecule has 0 aromatic heterocycles.